The predicted octanol–water partition coefficient (Wildman–Crippen LogP) is 4.32. The van der Waals surface area contributed by atoms with E-state index in [1.165, 1.54) is 4.90 Å². The van der Waals surface area contributed by atoms with Crippen molar-refractivity contribution in [2.24, 2.45) is 0 Å². The van der Waals surface area contributed by atoms with Gasteiger partial charge in [0.05, 0.1) is 27.6 Å². The molecule has 8 heteroatoms. The van der Waals surface area contributed by atoms with Crippen molar-refractivity contribution in [2.75, 3.05) is 17.7 Å². The van der Waals surface area contributed by atoms with Gasteiger partial charge in [0.2, 0.25) is 5.91 Å². The first-order valence-electron chi connectivity index (χ1n) is 6.69. The zero-order valence-corrected chi connectivity index (χ0v) is 18.7. The van der Waals surface area contributed by atoms with E-state index in [2.05, 4.69) is 29.5 Å². The molecule has 0 radical (unpaired) electrons. The van der Waals surface area contributed by atoms with Crippen LogP contribution in [0.5, 0.6) is 0 Å². The fourth-order valence-electron chi connectivity index (χ4n) is 1.97. The summed E-state index contributed by atoms with van der Waals surface area (Å²) in [5.41, 5.74) is 7.17. The number of carbonyl (C=O) groups excluding carboxylic acids is 1. The van der Waals surface area contributed by atoms with Crippen LogP contribution in [0.25, 0.3) is 0 Å². The number of carboxylic acids is 1. The van der Waals surface area contributed by atoms with Gasteiger partial charge < -0.3 is 15.7 Å². The minimum absolute atomic E-state index is 0.0266. The molecule has 0 aromatic heterocycles. The van der Waals surface area contributed by atoms with E-state index >= 15 is 0 Å². The first-order valence-corrected chi connectivity index (χ1v) is 9.93. The van der Waals surface area contributed by atoms with Crippen LogP contribution in [-0.2, 0) is 4.79 Å². The molecule has 0 bridgehead atoms. The molecule has 1 aromatic carbocycles. The second-order valence-electron chi connectivity index (χ2n) is 4.79. The molecule has 1 amide bonds. The Hall–Kier alpha value is 0.150. The summed E-state index contributed by atoms with van der Waals surface area (Å²) in [6, 6.07) is 0. The molecule has 0 saturated carbocycles. The summed E-state index contributed by atoms with van der Waals surface area (Å²) in [5, 5.41) is 9.41. The Balaban J connectivity index is 3.29. The Labute approximate surface area is 170 Å². The standard InChI is InChI=1S/C14H17I3N2O3/c1-3-4-5-6-7(20)19(2)13-10(16)8(14(21)22)9(15)12(18)11(13)17/h3-6,18H2,1-2H3,(H,21,22). The van der Waals surface area contributed by atoms with Crippen molar-refractivity contribution < 1.29 is 14.7 Å². The predicted molar refractivity (Wildman–Crippen MR) is 114 cm³/mol. The number of carbonyl (C=O) groups is 2. The van der Waals surface area contributed by atoms with Gasteiger partial charge in [-0.2, -0.15) is 0 Å². The fraction of sp³-hybridized carbons (Fsp3) is 0.429. The first kappa shape index (κ1) is 20.2. The van der Waals surface area contributed by atoms with Gasteiger partial charge in [-0.25, -0.2) is 4.79 Å². The molecular weight excluding hydrogens is 625 g/mol. The molecule has 0 saturated heterocycles. The topological polar surface area (TPSA) is 83.6 Å². The van der Waals surface area contributed by atoms with Gasteiger partial charge >= 0.3 is 5.97 Å². The van der Waals surface area contributed by atoms with Gasteiger partial charge in [-0.1, -0.05) is 19.8 Å². The Bertz CT molecular complexity index is 606. The summed E-state index contributed by atoms with van der Waals surface area (Å²) in [6.07, 6.45) is 3.33. The maximum absolute atomic E-state index is 12.3. The van der Waals surface area contributed by atoms with E-state index < -0.39 is 5.97 Å². The summed E-state index contributed by atoms with van der Waals surface area (Å²) in [5.74, 6) is -1.06. The van der Waals surface area contributed by atoms with Crippen molar-refractivity contribution in [3.05, 3.63) is 16.3 Å². The molecule has 22 heavy (non-hydrogen) atoms. The largest absolute Gasteiger partial charge is 0.478 e. The number of nitrogen functional groups attached to an aromatic ring is 1. The summed E-state index contributed by atoms with van der Waals surface area (Å²) in [6.45, 7) is 2.08. The molecule has 0 aliphatic carbocycles. The molecule has 0 fully saturated rings. The summed E-state index contributed by atoms with van der Waals surface area (Å²) >= 11 is 5.98. The van der Waals surface area contributed by atoms with Gasteiger partial charge in [0.15, 0.2) is 0 Å². The molecule has 3 N–H and O–H groups in total. The average molecular weight is 642 g/mol. The second-order valence-corrected chi connectivity index (χ2v) is 8.03. The normalized spacial score (nSPS) is 10.6. The number of hydrogen-bond donors (Lipinski definition) is 2. The van der Waals surface area contributed by atoms with Gasteiger partial charge in [0.1, 0.15) is 0 Å². The summed E-state index contributed by atoms with van der Waals surface area (Å²) in [4.78, 5) is 25.3. The highest BCUT2D eigenvalue weighted by Gasteiger charge is 2.26. The van der Waals surface area contributed by atoms with E-state index in [4.69, 9.17) is 5.73 Å². The highest BCUT2D eigenvalue weighted by atomic mass is 127. The van der Waals surface area contributed by atoms with Crippen LogP contribution in [0, 0.1) is 10.7 Å². The van der Waals surface area contributed by atoms with Crippen LogP contribution in [0.15, 0.2) is 0 Å². The summed E-state index contributed by atoms with van der Waals surface area (Å²) < 4.78 is 1.76. The van der Waals surface area contributed by atoms with Crippen LogP contribution in [0.3, 0.4) is 0 Å². The molecule has 1 aromatic rings. The zero-order valence-electron chi connectivity index (χ0n) is 12.3. The lowest BCUT2D eigenvalue weighted by Gasteiger charge is -2.23. The lowest BCUT2D eigenvalue weighted by Crippen LogP contribution is -2.29. The fourth-order valence-corrected chi connectivity index (χ4v) is 6.32. The number of unbranched alkanes of at least 4 members (excludes halogenated alkanes) is 2. The molecule has 0 heterocycles. The van der Waals surface area contributed by atoms with E-state index in [0.717, 1.165) is 19.3 Å². The number of rotatable bonds is 6. The van der Waals surface area contributed by atoms with Gasteiger partial charge in [-0.05, 0) is 74.2 Å². The minimum Gasteiger partial charge on any atom is -0.478 e. The number of benzene rings is 1. The number of carboxylic acid groups (broad SMARTS) is 1. The smallest absolute Gasteiger partial charge is 0.338 e. The van der Waals surface area contributed by atoms with Crippen LogP contribution >= 0.6 is 67.8 Å². The van der Waals surface area contributed by atoms with E-state index in [9.17, 15) is 14.7 Å². The number of amides is 1. The molecule has 0 atom stereocenters. The highest BCUT2D eigenvalue weighted by Crippen LogP contribution is 2.39. The van der Waals surface area contributed by atoms with Crippen LogP contribution < -0.4 is 10.6 Å². The molecular formula is C14H17I3N2O3. The molecule has 122 valence electrons. The zero-order chi connectivity index (χ0) is 17.0. The maximum Gasteiger partial charge on any atom is 0.338 e. The van der Waals surface area contributed by atoms with Crippen molar-refractivity contribution in [1.29, 1.82) is 0 Å². The third kappa shape index (κ3) is 4.36. The molecule has 5 nitrogen and oxygen atoms in total. The van der Waals surface area contributed by atoms with Crippen molar-refractivity contribution in [1.82, 2.24) is 0 Å². The Kier molecular flexibility index (Phi) is 8.12. The Morgan fingerprint density at radius 1 is 1.14 bits per heavy atom. The number of nitrogens with zero attached hydrogens (tertiary/aromatic N) is 1. The lowest BCUT2D eigenvalue weighted by atomic mass is 10.1. The van der Waals surface area contributed by atoms with Gasteiger partial charge in [0.25, 0.3) is 0 Å². The van der Waals surface area contributed by atoms with Crippen molar-refractivity contribution in [3.8, 4) is 0 Å². The van der Waals surface area contributed by atoms with Crippen LogP contribution in [0.4, 0.5) is 11.4 Å². The van der Waals surface area contributed by atoms with E-state index in [-0.39, 0.29) is 11.5 Å². The molecule has 0 aliphatic heterocycles. The minimum atomic E-state index is -1.04. The Morgan fingerprint density at radius 2 is 1.73 bits per heavy atom. The van der Waals surface area contributed by atoms with Gasteiger partial charge in [-0.3, -0.25) is 4.79 Å². The van der Waals surface area contributed by atoms with Crippen molar-refractivity contribution in [2.45, 2.75) is 32.6 Å². The van der Waals surface area contributed by atoms with Crippen LogP contribution in [-0.4, -0.2) is 24.0 Å². The lowest BCUT2D eigenvalue weighted by molar-refractivity contribution is -0.118. The number of nitrogens with two attached hydrogens (primary N) is 1. The maximum atomic E-state index is 12.3. The number of hydrogen-bond acceptors (Lipinski definition) is 3. The molecule has 0 aliphatic rings. The van der Waals surface area contributed by atoms with Crippen molar-refractivity contribution >= 4 is 91.0 Å². The second kappa shape index (κ2) is 8.85. The summed E-state index contributed by atoms with van der Waals surface area (Å²) in [7, 11) is 1.67. The highest BCUT2D eigenvalue weighted by molar-refractivity contribution is 14.1. The van der Waals surface area contributed by atoms with Crippen LogP contribution in [0.2, 0.25) is 0 Å². The van der Waals surface area contributed by atoms with E-state index in [1.54, 1.807) is 7.05 Å². The van der Waals surface area contributed by atoms with Gasteiger partial charge in [0, 0.05) is 13.5 Å². The van der Waals surface area contributed by atoms with Gasteiger partial charge in [-0.15, -0.1) is 0 Å². The monoisotopic (exact) mass is 642 g/mol. The third-order valence-corrected chi connectivity index (χ3v) is 6.51. The number of halogens is 3. The molecule has 0 spiro atoms. The first-order chi connectivity index (χ1) is 10.2. The molecule has 1 rings (SSSR count). The molecule has 0 unspecified atom stereocenters. The average Bonchev–Trinajstić information content (AvgIpc) is 2.44. The SMILES string of the molecule is CCCCCC(=O)N(C)c1c(I)c(N)c(I)c(C(=O)O)c1I. The third-order valence-electron chi connectivity index (χ3n) is 3.25. The number of aromatic carboxylic acids is 1. The van der Waals surface area contributed by atoms with E-state index in [1.807, 2.05) is 45.2 Å². The Morgan fingerprint density at radius 3 is 2.23 bits per heavy atom. The number of anilines is 2. The van der Waals surface area contributed by atoms with Crippen molar-refractivity contribution in [3.63, 3.8) is 0 Å². The van der Waals surface area contributed by atoms with Crippen LogP contribution in [0.1, 0.15) is 43.0 Å². The quantitative estimate of drug-likeness (QED) is 0.275. The van der Waals surface area contributed by atoms with E-state index in [0.29, 0.717) is 28.5 Å².